The van der Waals surface area contributed by atoms with E-state index in [1.165, 1.54) is 30.5 Å². The lowest BCUT2D eigenvalue weighted by Crippen LogP contribution is -2.42. The summed E-state index contributed by atoms with van der Waals surface area (Å²) in [6, 6.07) is 0.446. The molecule has 0 saturated heterocycles. The number of aromatic nitrogens is 2. The van der Waals surface area contributed by atoms with Crippen molar-refractivity contribution < 1.29 is 0 Å². The first kappa shape index (κ1) is 23.2. The van der Waals surface area contributed by atoms with Crippen LogP contribution in [0.3, 0.4) is 0 Å². The third-order valence-electron chi connectivity index (χ3n) is 4.35. The first-order valence-electron chi connectivity index (χ1n) is 8.81. The van der Waals surface area contributed by atoms with Crippen LogP contribution in [0.4, 0.5) is 0 Å². The van der Waals surface area contributed by atoms with Gasteiger partial charge >= 0.3 is 0 Å². The molecular weight excluding hydrogens is 413 g/mol. The molecule has 2 N–H and O–H groups in total. The van der Waals surface area contributed by atoms with Crippen LogP contribution in [0.15, 0.2) is 4.99 Å². The van der Waals surface area contributed by atoms with Crippen LogP contribution in [0.1, 0.15) is 57.0 Å². The maximum Gasteiger partial charge on any atom is 0.191 e. The largest absolute Gasteiger partial charge is 0.356 e. The van der Waals surface area contributed by atoms with E-state index < -0.39 is 0 Å². The maximum atomic E-state index is 4.47. The van der Waals surface area contributed by atoms with E-state index in [2.05, 4.69) is 55.3 Å². The summed E-state index contributed by atoms with van der Waals surface area (Å²) in [5, 5.41) is 11.4. The molecule has 1 heterocycles. The summed E-state index contributed by atoms with van der Waals surface area (Å²) in [4.78, 5) is 4.33. The topological polar surface area (TPSA) is 54.2 Å². The molecule has 1 rings (SSSR count). The lowest BCUT2D eigenvalue weighted by Gasteiger charge is -2.18. The van der Waals surface area contributed by atoms with Crippen molar-refractivity contribution in [3.8, 4) is 0 Å². The number of guanidine groups is 1. The Hall–Kier alpha value is -0.790. The van der Waals surface area contributed by atoms with Gasteiger partial charge in [-0.05, 0) is 45.1 Å². The smallest absolute Gasteiger partial charge is 0.191 e. The van der Waals surface area contributed by atoms with Crippen LogP contribution in [0.25, 0.3) is 0 Å². The normalized spacial score (nSPS) is 12.9. The minimum absolute atomic E-state index is 0. The van der Waals surface area contributed by atoms with Gasteiger partial charge in [0.2, 0.25) is 0 Å². The Morgan fingerprint density at radius 1 is 1.21 bits per heavy atom. The fraction of sp³-hybridized carbons (Fsp3) is 0.778. The van der Waals surface area contributed by atoms with E-state index in [1.807, 2.05) is 18.8 Å². The fourth-order valence-corrected chi connectivity index (χ4v) is 2.82. The van der Waals surface area contributed by atoms with E-state index in [0.29, 0.717) is 6.04 Å². The van der Waals surface area contributed by atoms with Gasteiger partial charge in [-0.3, -0.25) is 9.67 Å². The summed E-state index contributed by atoms with van der Waals surface area (Å²) in [6.45, 7) is 11.8. The van der Waals surface area contributed by atoms with E-state index in [0.717, 1.165) is 30.5 Å². The molecule has 0 aliphatic rings. The van der Waals surface area contributed by atoms with Crippen molar-refractivity contribution >= 4 is 29.9 Å². The highest BCUT2D eigenvalue weighted by atomic mass is 127. The molecule has 6 heteroatoms. The molecule has 140 valence electrons. The van der Waals surface area contributed by atoms with Crippen molar-refractivity contribution in [1.29, 1.82) is 0 Å². The van der Waals surface area contributed by atoms with Crippen LogP contribution in [-0.4, -0.2) is 35.4 Å². The Balaban J connectivity index is 0.00000529. The van der Waals surface area contributed by atoms with Crippen molar-refractivity contribution in [2.45, 2.75) is 66.3 Å². The average Bonchev–Trinajstić information content (AvgIpc) is 2.71. The van der Waals surface area contributed by atoms with E-state index in [9.17, 15) is 0 Å². The molecule has 1 aromatic heterocycles. The number of halogens is 1. The van der Waals surface area contributed by atoms with E-state index >= 15 is 0 Å². The van der Waals surface area contributed by atoms with E-state index in [-0.39, 0.29) is 24.0 Å². The Kier molecular flexibility index (Phi) is 11.3. The minimum Gasteiger partial charge on any atom is -0.356 e. The van der Waals surface area contributed by atoms with Gasteiger partial charge < -0.3 is 10.6 Å². The first-order valence-corrected chi connectivity index (χ1v) is 8.81. The molecule has 0 spiro atoms. The summed E-state index contributed by atoms with van der Waals surface area (Å²) in [5.41, 5.74) is 3.70. The van der Waals surface area contributed by atoms with Crippen LogP contribution < -0.4 is 10.6 Å². The zero-order valence-electron chi connectivity index (χ0n) is 16.4. The Morgan fingerprint density at radius 2 is 1.88 bits per heavy atom. The van der Waals surface area contributed by atoms with Crippen molar-refractivity contribution in [3.05, 3.63) is 17.0 Å². The predicted octanol–water partition coefficient (Wildman–Crippen LogP) is 3.58. The maximum absolute atomic E-state index is 4.47. The number of hydrogen-bond acceptors (Lipinski definition) is 2. The lowest BCUT2D eigenvalue weighted by molar-refractivity contribution is 0.491. The first-order chi connectivity index (χ1) is 10.8. The second kappa shape index (κ2) is 11.7. The number of rotatable bonds is 8. The van der Waals surface area contributed by atoms with Crippen LogP contribution in [0, 0.1) is 19.8 Å². The summed E-state index contributed by atoms with van der Waals surface area (Å²) < 4.78 is 1.95. The number of nitrogens with one attached hydrogen (secondary N) is 2. The van der Waals surface area contributed by atoms with Crippen molar-refractivity contribution in [1.82, 2.24) is 20.4 Å². The fourth-order valence-electron chi connectivity index (χ4n) is 2.82. The summed E-state index contributed by atoms with van der Waals surface area (Å²) >= 11 is 0. The minimum atomic E-state index is 0. The molecule has 24 heavy (non-hydrogen) atoms. The Labute approximate surface area is 165 Å². The quantitative estimate of drug-likeness (QED) is 0.363. The Bertz CT molecular complexity index is 508. The molecule has 1 atom stereocenters. The van der Waals surface area contributed by atoms with Crippen LogP contribution in [0.5, 0.6) is 0 Å². The molecule has 0 aromatic carbocycles. The number of aryl methyl sites for hydroxylation is 2. The number of nitrogens with zero attached hydrogens (tertiary/aromatic N) is 3. The lowest BCUT2D eigenvalue weighted by atomic mass is 10.0. The molecule has 1 unspecified atom stereocenters. The van der Waals surface area contributed by atoms with Crippen molar-refractivity contribution in [3.63, 3.8) is 0 Å². The van der Waals surface area contributed by atoms with Gasteiger partial charge in [-0.1, -0.05) is 26.7 Å². The third kappa shape index (κ3) is 7.85. The highest BCUT2D eigenvalue weighted by molar-refractivity contribution is 14.0. The van der Waals surface area contributed by atoms with Gasteiger partial charge in [-0.15, -0.1) is 24.0 Å². The van der Waals surface area contributed by atoms with Gasteiger partial charge in [-0.25, -0.2) is 0 Å². The summed E-state index contributed by atoms with van der Waals surface area (Å²) in [6.07, 6.45) is 4.70. The van der Waals surface area contributed by atoms with E-state index in [1.54, 1.807) is 0 Å². The summed E-state index contributed by atoms with van der Waals surface area (Å²) in [7, 11) is 3.83. The van der Waals surface area contributed by atoms with Gasteiger partial charge in [0, 0.05) is 32.4 Å². The molecule has 0 bridgehead atoms. The second-order valence-electron chi connectivity index (χ2n) is 6.89. The van der Waals surface area contributed by atoms with Crippen molar-refractivity contribution in [2.75, 3.05) is 13.6 Å². The van der Waals surface area contributed by atoms with Gasteiger partial charge in [0.05, 0.1) is 5.69 Å². The molecule has 0 radical (unpaired) electrons. The standard InChI is InChI=1S/C18H35N5.HI/c1-13(2)9-8-10-14(3)21-18(19-6)20-12-11-17-15(4)22-23(7)16(17)5;/h13-14H,8-12H2,1-7H3,(H2,19,20,21);1H. The highest BCUT2D eigenvalue weighted by Gasteiger charge is 2.10. The van der Waals surface area contributed by atoms with Gasteiger partial charge in [0.1, 0.15) is 0 Å². The van der Waals surface area contributed by atoms with Crippen LogP contribution >= 0.6 is 24.0 Å². The molecular formula is C18H36IN5. The summed E-state index contributed by atoms with van der Waals surface area (Å²) in [5.74, 6) is 1.67. The average molecular weight is 449 g/mol. The highest BCUT2D eigenvalue weighted by Crippen LogP contribution is 2.12. The van der Waals surface area contributed by atoms with Crippen LogP contribution in [0.2, 0.25) is 0 Å². The molecule has 0 saturated carbocycles. The zero-order chi connectivity index (χ0) is 17.4. The van der Waals surface area contributed by atoms with Gasteiger partial charge in [0.15, 0.2) is 5.96 Å². The molecule has 0 fully saturated rings. The molecule has 0 aliphatic carbocycles. The number of aliphatic imine (C=N–C) groups is 1. The predicted molar refractivity (Wildman–Crippen MR) is 114 cm³/mol. The van der Waals surface area contributed by atoms with Gasteiger partial charge in [0.25, 0.3) is 0 Å². The second-order valence-corrected chi connectivity index (χ2v) is 6.89. The SMILES string of the molecule is CN=C(NCCc1c(C)nn(C)c1C)NC(C)CCCC(C)C.I. The van der Waals surface area contributed by atoms with E-state index in [4.69, 9.17) is 0 Å². The Morgan fingerprint density at radius 3 is 2.38 bits per heavy atom. The molecule has 1 aromatic rings. The monoisotopic (exact) mass is 449 g/mol. The zero-order valence-corrected chi connectivity index (χ0v) is 18.8. The number of hydrogen-bond donors (Lipinski definition) is 2. The molecule has 0 amide bonds. The van der Waals surface area contributed by atoms with Crippen molar-refractivity contribution in [2.24, 2.45) is 18.0 Å². The molecule has 0 aliphatic heterocycles. The molecule has 5 nitrogen and oxygen atoms in total. The van der Waals surface area contributed by atoms with Gasteiger partial charge in [-0.2, -0.15) is 5.10 Å². The third-order valence-corrected chi connectivity index (χ3v) is 4.35. The van der Waals surface area contributed by atoms with Crippen LogP contribution in [-0.2, 0) is 13.5 Å².